The molecule has 1 unspecified atom stereocenters. The van der Waals surface area contributed by atoms with E-state index in [2.05, 4.69) is 20.3 Å². The van der Waals surface area contributed by atoms with Crippen molar-refractivity contribution in [2.75, 3.05) is 26.0 Å². The maximum Gasteiger partial charge on any atom is 0.270 e. The molecule has 0 aliphatic carbocycles. The predicted octanol–water partition coefficient (Wildman–Crippen LogP) is 1.50. The predicted molar refractivity (Wildman–Crippen MR) is 111 cm³/mol. The summed E-state index contributed by atoms with van der Waals surface area (Å²) in [6.07, 6.45) is 8.30. The van der Waals surface area contributed by atoms with Crippen molar-refractivity contribution in [1.82, 2.24) is 24.8 Å². The van der Waals surface area contributed by atoms with Gasteiger partial charge >= 0.3 is 0 Å². The lowest BCUT2D eigenvalue weighted by Gasteiger charge is -2.36. The normalized spacial score (nSPS) is 14.8. The standard InChI is InChI=1S/C21H24N6O3/c1-14(27-9-5-7-16(13-28)19(27)21(30)26(2)3)20(29)25-18-12-23-17(11-24-18)15-6-4-8-22-10-15/h4,6,8,10-14H,5,7,9H2,1-3H3,(H,24,25,29). The Balaban J connectivity index is 1.76. The number of aromatic nitrogens is 3. The van der Waals surface area contributed by atoms with E-state index in [4.69, 9.17) is 0 Å². The average molecular weight is 408 g/mol. The van der Waals surface area contributed by atoms with Gasteiger partial charge in [0.05, 0.1) is 18.1 Å². The number of anilines is 1. The summed E-state index contributed by atoms with van der Waals surface area (Å²) in [6.45, 7) is 2.20. The Labute approximate surface area is 174 Å². The van der Waals surface area contributed by atoms with Crippen molar-refractivity contribution in [2.45, 2.75) is 25.8 Å². The number of rotatable bonds is 6. The Hall–Kier alpha value is -3.62. The number of carbonyl (C=O) groups excluding carboxylic acids is 3. The zero-order valence-electron chi connectivity index (χ0n) is 17.2. The molecule has 1 aliphatic heterocycles. The number of hydrogen-bond donors (Lipinski definition) is 1. The van der Waals surface area contributed by atoms with E-state index in [-0.39, 0.29) is 17.5 Å². The molecule has 3 heterocycles. The van der Waals surface area contributed by atoms with E-state index in [9.17, 15) is 14.4 Å². The molecule has 1 atom stereocenters. The maximum atomic E-state index is 12.8. The maximum absolute atomic E-state index is 12.8. The number of hydrogen-bond acceptors (Lipinski definition) is 7. The van der Waals surface area contributed by atoms with Gasteiger partial charge in [0.25, 0.3) is 5.91 Å². The molecule has 0 saturated carbocycles. The highest BCUT2D eigenvalue weighted by molar-refractivity contribution is 6.00. The quantitative estimate of drug-likeness (QED) is 0.722. The van der Waals surface area contributed by atoms with Crippen LogP contribution in [0.25, 0.3) is 11.3 Å². The molecule has 1 aliphatic rings. The Kier molecular flexibility index (Phi) is 6.51. The van der Waals surface area contributed by atoms with Gasteiger partial charge < -0.3 is 15.1 Å². The third-order valence-corrected chi connectivity index (χ3v) is 4.89. The molecule has 9 heteroatoms. The van der Waals surface area contributed by atoms with E-state index in [1.807, 2.05) is 6.07 Å². The molecular formula is C21H24N6O3. The highest BCUT2D eigenvalue weighted by atomic mass is 16.2. The zero-order valence-corrected chi connectivity index (χ0v) is 17.2. The first-order valence-corrected chi connectivity index (χ1v) is 9.62. The van der Waals surface area contributed by atoms with Crippen molar-refractivity contribution in [3.05, 3.63) is 48.2 Å². The van der Waals surface area contributed by atoms with Crippen LogP contribution in [0.3, 0.4) is 0 Å². The Morgan fingerprint density at radius 3 is 2.63 bits per heavy atom. The first-order valence-electron chi connectivity index (χ1n) is 9.62. The van der Waals surface area contributed by atoms with E-state index < -0.39 is 6.04 Å². The number of allylic oxidation sites excluding steroid dienone is 1. The van der Waals surface area contributed by atoms with Crippen molar-refractivity contribution in [1.29, 1.82) is 0 Å². The van der Waals surface area contributed by atoms with E-state index in [1.54, 1.807) is 50.6 Å². The molecule has 0 radical (unpaired) electrons. The fraction of sp³-hybridized carbons (Fsp3) is 0.333. The van der Waals surface area contributed by atoms with Crippen LogP contribution >= 0.6 is 0 Å². The SMILES string of the molecule is CC(C(=O)Nc1cnc(-c2cccnc2)cn1)N1CCCC(C=O)=C1C(=O)N(C)C. The van der Waals surface area contributed by atoms with Gasteiger partial charge in [-0.3, -0.25) is 24.4 Å². The van der Waals surface area contributed by atoms with Gasteiger partial charge in [-0.05, 0) is 31.9 Å². The molecular weight excluding hydrogens is 384 g/mol. The minimum absolute atomic E-state index is 0.280. The van der Waals surface area contributed by atoms with Crippen LogP contribution in [-0.2, 0) is 14.4 Å². The van der Waals surface area contributed by atoms with Crippen LogP contribution in [0.15, 0.2) is 48.2 Å². The van der Waals surface area contributed by atoms with Gasteiger partial charge in [-0.1, -0.05) is 0 Å². The summed E-state index contributed by atoms with van der Waals surface area (Å²) in [5.41, 5.74) is 2.16. The molecule has 2 amide bonds. The van der Waals surface area contributed by atoms with Crippen molar-refractivity contribution in [2.24, 2.45) is 0 Å². The van der Waals surface area contributed by atoms with E-state index in [1.165, 1.54) is 11.1 Å². The second kappa shape index (κ2) is 9.25. The van der Waals surface area contributed by atoms with Crippen molar-refractivity contribution >= 4 is 23.9 Å². The van der Waals surface area contributed by atoms with E-state index in [0.29, 0.717) is 42.8 Å². The molecule has 30 heavy (non-hydrogen) atoms. The molecule has 0 saturated heterocycles. The topological polar surface area (TPSA) is 108 Å². The van der Waals surface area contributed by atoms with E-state index >= 15 is 0 Å². The molecule has 0 spiro atoms. The smallest absolute Gasteiger partial charge is 0.270 e. The van der Waals surface area contributed by atoms with Crippen LogP contribution < -0.4 is 5.32 Å². The van der Waals surface area contributed by atoms with Crippen molar-refractivity contribution in [3.8, 4) is 11.3 Å². The van der Waals surface area contributed by atoms with Gasteiger partial charge in [-0.15, -0.1) is 0 Å². The second-order valence-corrected chi connectivity index (χ2v) is 7.18. The highest BCUT2D eigenvalue weighted by Crippen LogP contribution is 2.25. The van der Waals surface area contributed by atoms with Crippen molar-refractivity contribution < 1.29 is 14.4 Å². The molecule has 2 aromatic heterocycles. The van der Waals surface area contributed by atoms with Crippen LogP contribution in [0.2, 0.25) is 0 Å². The lowest BCUT2D eigenvalue weighted by atomic mass is 10.00. The Bertz CT molecular complexity index is 956. The fourth-order valence-electron chi connectivity index (χ4n) is 3.26. The lowest BCUT2D eigenvalue weighted by molar-refractivity contribution is -0.128. The number of nitrogens with zero attached hydrogens (tertiary/aromatic N) is 5. The molecule has 3 rings (SSSR count). The highest BCUT2D eigenvalue weighted by Gasteiger charge is 2.32. The number of pyridine rings is 1. The van der Waals surface area contributed by atoms with Crippen molar-refractivity contribution in [3.63, 3.8) is 0 Å². The number of amides is 2. The third-order valence-electron chi connectivity index (χ3n) is 4.89. The molecule has 156 valence electrons. The van der Waals surface area contributed by atoms with Gasteiger partial charge in [0.15, 0.2) is 5.82 Å². The van der Waals surface area contributed by atoms with Crippen LogP contribution in [0.4, 0.5) is 5.82 Å². The zero-order chi connectivity index (χ0) is 21.7. The summed E-state index contributed by atoms with van der Waals surface area (Å²) in [5, 5.41) is 2.73. The minimum Gasteiger partial charge on any atom is -0.355 e. The van der Waals surface area contributed by atoms with Gasteiger partial charge in [0.1, 0.15) is 18.0 Å². The van der Waals surface area contributed by atoms with Gasteiger partial charge in [-0.25, -0.2) is 4.98 Å². The lowest BCUT2D eigenvalue weighted by Crippen LogP contribution is -2.47. The monoisotopic (exact) mass is 408 g/mol. The van der Waals surface area contributed by atoms with E-state index in [0.717, 1.165) is 5.56 Å². The van der Waals surface area contributed by atoms with Crippen LogP contribution in [-0.4, -0.2) is 69.5 Å². The first kappa shape index (κ1) is 21.1. The third kappa shape index (κ3) is 4.51. The average Bonchev–Trinajstić information content (AvgIpc) is 2.78. The number of carbonyl (C=O) groups is 3. The molecule has 0 fully saturated rings. The molecule has 2 aromatic rings. The fourth-order valence-corrected chi connectivity index (χ4v) is 3.26. The Morgan fingerprint density at radius 2 is 2.03 bits per heavy atom. The summed E-state index contributed by atoms with van der Waals surface area (Å²) in [5.74, 6) is -0.330. The molecule has 0 bridgehead atoms. The molecule has 1 N–H and O–H groups in total. The van der Waals surface area contributed by atoms with Crippen LogP contribution in [0, 0.1) is 0 Å². The minimum atomic E-state index is -0.668. The van der Waals surface area contributed by atoms with Crippen LogP contribution in [0.5, 0.6) is 0 Å². The summed E-state index contributed by atoms with van der Waals surface area (Å²) < 4.78 is 0. The summed E-state index contributed by atoms with van der Waals surface area (Å²) in [4.78, 5) is 52.7. The van der Waals surface area contributed by atoms with Gasteiger partial charge in [0.2, 0.25) is 5.91 Å². The van der Waals surface area contributed by atoms with Crippen LogP contribution in [0.1, 0.15) is 19.8 Å². The number of aldehydes is 1. The number of nitrogens with one attached hydrogen (secondary N) is 1. The second-order valence-electron chi connectivity index (χ2n) is 7.18. The number of likely N-dealkylation sites (N-methyl/N-ethyl adjacent to an activating group) is 1. The summed E-state index contributed by atoms with van der Waals surface area (Å²) >= 11 is 0. The molecule has 0 aromatic carbocycles. The van der Waals surface area contributed by atoms with Gasteiger partial charge in [-0.2, -0.15) is 0 Å². The Morgan fingerprint density at radius 1 is 1.23 bits per heavy atom. The first-order chi connectivity index (χ1) is 14.4. The summed E-state index contributed by atoms with van der Waals surface area (Å²) in [7, 11) is 3.24. The summed E-state index contributed by atoms with van der Waals surface area (Å²) in [6, 6.07) is 3.01. The largest absolute Gasteiger partial charge is 0.355 e. The molecule has 9 nitrogen and oxygen atoms in total. The van der Waals surface area contributed by atoms with Gasteiger partial charge in [0, 0.05) is 44.2 Å².